The van der Waals surface area contributed by atoms with E-state index in [4.69, 9.17) is 21.1 Å². The van der Waals surface area contributed by atoms with Crippen LogP contribution in [0.25, 0.3) is 5.69 Å². The first-order valence-corrected chi connectivity index (χ1v) is 8.92. The number of amides is 1. The van der Waals surface area contributed by atoms with Crippen molar-refractivity contribution in [2.24, 2.45) is 0 Å². The molecule has 2 aromatic carbocycles. The molecule has 0 fully saturated rings. The zero-order valence-corrected chi connectivity index (χ0v) is 15.5. The minimum atomic E-state index is -0.113. The van der Waals surface area contributed by atoms with Gasteiger partial charge in [-0.05, 0) is 35.9 Å². The third kappa shape index (κ3) is 3.75. The maximum atomic E-state index is 12.7. The molecule has 0 atom stereocenters. The highest BCUT2D eigenvalue weighted by atomic mass is 35.5. The molecule has 1 amide bonds. The number of rotatable bonds is 4. The average Bonchev–Trinajstić information content (AvgIpc) is 3.17. The topological polar surface area (TPSA) is 56.6 Å². The first kappa shape index (κ1) is 17.4. The van der Waals surface area contributed by atoms with Crippen LogP contribution in [0, 0.1) is 0 Å². The van der Waals surface area contributed by atoms with Gasteiger partial charge in [-0.25, -0.2) is 4.68 Å². The fraction of sp³-hybridized carbons (Fsp3) is 0.200. The Hall–Kier alpha value is -2.99. The molecule has 27 heavy (non-hydrogen) atoms. The molecular weight excluding hydrogens is 366 g/mol. The zero-order valence-electron chi connectivity index (χ0n) is 14.8. The van der Waals surface area contributed by atoms with Gasteiger partial charge < -0.3 is 14.4 Å². The van der Waals surface area contributed by atoms with Gasteiger partial charge in [0.2, 0.25) is 0 Å². The molecule has 0 saturated carbocycles. The lowest BCUT2D eigenvalue weighted by atomic mass is 10.1. The molecule has 0 N–H and O–H groups in total. The number of hydrogen-bond acceptors (Lipinski definition) is 4. The fourth-order valence-electron chi connectivity index (χ4n) is 2.95. The van der Waals surface area contributed by atoms with Gasteiger partial charge in [-0.3, -0.25) is 4.79 Å². The van der Waals surface area contributed by atoms with Crippen molar-refractivity contribution >= 4 is 17.5 Å². The molecule has 0 radical (unpaired) electrons. The highest BCUT2D eigenvalue weighted by Gasteiger charge is 2.17. The molecule has 138 valence electrons. The Kier molecular flexibility index (Phi) is 4.73. The molecule has 1 aromatic heterocycles. The Balaban J connectivity index is 1.48. The number of carbonyl (C=O) groups excluding carboxylic acids is 1. The number of ether oxygens (including phenoxy) is 2. The lowest BCUT2D eigenvalue weighted by molar-refractivity contribution is 0.0784. The quantitative estimate of drug-likeness (QED) is 0.691. The van der Waals surface area contributed by atoms with Crippen molar-refractivity contribution in [2.45, 2.75) is 6.54 Å². The Morgan fingerprint density at radius 1 is 1.19 bits per heavy atom. The van der Waals surface area contributed by atoms with Crippen molar-refractivity contribution in [3.8, 4) is 17.2 Å². The van der Waals surface area contributed by atoms with Crippen LogP contribution in [0.1, 0.15) is 15.9 Å². The molecule has 0 saturated heterocycles. The molecule has 0 bridgehead atoms. The minimum absolute atomic E-state index is 0.113. The summed E-state index contributed by atoms with van der Waals surface area (Å²) in [6.45, 7) is 1.55. The van der Waals surface area contributed by atoms with Crippen LogP contribution >= 0.6 is 11.6 Å². The van der Waals surface area contributed by atoms with Crippen LogP contribution in [-0.4, -0.2) is 40.8 Å². The molecule has 1 aliphatic heterocycles. The lowest BCUT2D eigenvalue weighted by Gasteiger charge is -2.21. The van der Waals surface area contributed by atoms with E-state index < -0.39 is 0 Å². The van der Waals surface area contributed by atoms with Crippen LogP contribution in [0.5, 0.6) is 11.5 Å². The maximum Gasteiger partial charge on any atom is 0.257 e. The number of benzene rings is 2. The van der Waals surface area contributed by atoms with Crippen molar-refractivity contribution in [1.29, 1.82) is 0 Å². The van der Waals surface area contributed by atoms with Crippen molar-refractivity contribution in [3.63, 3.8) is 0 Å². The number of fused-ring (bicyclic) bond motifs is 1. The maximum absolute atomic E-state index is 12.7. The summed E-state index contributed by atoms with van der Waals surface area (Å²) in [4.78, 5) is 14.4. The van der Waals surface area contributed by atoms with E-state index in [2.05, 4.69) is 5.10 Å². The van der Waals surface area contributed by atoms with Gasteiger partial charge in [-0.1, -0.05) is 23.7 Å². The first-order valence-electron chi connectivity index (χ1n) is 8.55. The standard InChI is InChI=1S/C20H18ClN3O3/c1-23(12-14-5-6-18-19(9-14)27-8-7-26-18)20(25)15-11-22-24(13-15)17-4-2-3-16(21)10-17/h2-6,9-11,13H,7-8,12H2,1H3. The van der Waals surface area contributed by atoms with Crippen molar-refractivity contribution in [3.05, 3.63) is 71.0 Å². The van der Waals surface area contributed by atoms with E-state index >= 15 is 0 Å². The van der Waals surface area contributed by atoms with Crippen molar-refractivity contribution in [1.82, 2.24) is 14.7 Å². The summed E-state index contributed by atoms with van der Waals surface area (Å²) < 4.78 is 12.8. The van der Waals surface area contributed by atoms with Gasteiger partial charge in [0.15, 0.2) is 11.5 Å². The predicted molar refractivity (Wildman–Crippen MR) is 102 cm³/mol. The highest BCUT2D eigenvalue weighted by molar-refractivity contribution is 6.30. The summed E-state index contributed by atoms with van der Waals surface area (Å²) in [7, 11) is 1.76. The van der Waals surface area contributed by atoms with Gasteiger partial charge in [0.1, 0.15) is 13.2 Å². The Bertz CT molecular complexity index is 986. The van der Waals surface area contributed by atoms with E-state index in [1.54, 1.807) is 41.2 Å². The van der Waals surface area contributed by atoms with E-state index in [9.17, 15) is 4.79 Å². The van der Waals surface area contributed by atoms with E-state index in [0.29, 0.717) is 36.1 Å². The smallest absolute Gasteiger partial charge is 0.257 e. The fourth-order valence-corrected chi connectivity index (χ4v) is 3.13. The van der Waals surface area contributed by atoms with E-state index in [1.807, 2.05) is 30.3 Å². The largest absolute Gasteiger partial charge is 0.486 e. The normalized spacial score (nSPS) is 12.7. The second-order valence-corrected chi connectivity index (χ2v) is 6.73. The average molecular weight is 384 g/mol. The zero-order chi connectivity index (χ0) is 18.8. The van der Waals surface area contributed by atoms with E-state index in [0.717, 1.165) is 17.0 Å². The molecule has 0 unspecified atom stereocenters. The summed E-state index contributed by atoms with van der Waals surface area (Å²) in [5, 5.41) is 4.89. The molecule has 0 aliphatic carbocycles. The van der Waals surface area contributed by atoms with Gasteiger partial charge in [0.25, 0.3) is 5.91 Å². The highest BCUT2D eigenvalue weighted by Crippen LogP contribution is 2.31. The van der Waals surface area contributed by atoms with Crippen LogP contribution in [0.4, 0.5) is 0 Å². The lowest BCUT2D eigenvalue weighted by Crippen LogP contribution is -2.26. The van der Waals surface area contributed by atoms with Crippen molar-refractivity contribution < 1.29 is 14.3 Å². The molecule has 1 aliphatic rings. The number of halogens is 1. The first-order chi connectivity index (χ1) is 13.1. The van der Waals surface area contributed by atoms with E-state index in [1.165, 1.54) is 0 Å². The van der Waals surface area contributed by atoms with Crippen LogP contribution in [0.15, 0.2) is 54.9 Å². The van der Waals surface area contributed by atoms with Crippen LogP contribution in [0.2, 0.25) is 5.02 Å². The number of aromatic nitrogens is 2. The monoisotopic (exact) mass is 383 g/mol. The number of nitrogens with zero attached hydrogens (tertiary/aromatic N) is 3. The Morgan fingerprint density at radius 3 is 2.81 bits per heavy atom. The second kappa shape index (κ2) is 7.32. The molecular formula is C20H18ClN3O3. The van der Waals surface area contributed by atoms with Gasteiger partial charge in [-0.2, -0.15) is 5.10 Å². The summed E-state index contributed by atoms with van der Waals surface area (Å²) in [6, 6.07) is 13.0. The van der Waals surface area contributed by atoms with Crippen LogP contribution in [0.3, 0.4) is 0 Å². The summed E-state index contributed by atoms with van der Waals surface area (Å²) >= 11 is 6.02. The van der Waals surface area contributed by atoms with Gasteiger partial charge in [0.05, 0.1) is 17.4 Å². The third-order valence-electron chi connectivity index (χ3n) is 4.28. The second-order valence-electron chi connectivity index (χ2n) is 6.29. The Labute approximate surface area is 161 Å². The molecule has 6 nitrogen and oxygen atoms in total. The van der Waals surface area contributed by atoms with Gasteiger partial charge in [0, 0.05) is 24.8 Å². The van der Waals surface area contributed by atoms with Crippen molar-refractivity contribution in [2.75, 3.05) is 20.3 Å². The number of hydrogen-bond donors (Lipinski definition) is 0. The molecule has 3 aromatic rings. The van der Waals surface area contributed by atoms with E-state index in [-0.39, 0.29) is 5.91 Å². The van der Waals surface area contributed by atoms with Gasteiger partial charge in [-0.15, -0.1) is 0 Å². The third-order valence-corrected chi connectivity index (χ3v) is 4.51. The van der Waals surface area contributed by atoms with Crippen LogP contribution in [-0.2, 0) is 6.54 Å². The predicted octanol–water partition coefficient (Wildman–Crippen LogP) is 3.57. The Morgan fingerprint density at radius 2 is 2.00 bits per heavy atom. The van der Waals surface area contributed by atoms with Gasteiger partial charge >= 0.3 is 0 Å². The molecule has 2 heterocycles. The summed E-state index contributed by atoms with van der Waals surface area (Å²) in [5.74, 6) is 1.34. The molecule has 0 spiro atoms. The summed E-state index contributed by atoms with van der Waals surface area (Å²) in [6.07, 6.45) is 3.26. The van der Waals surface area contributed by atoms with Crippen LogP contribution < -0.4 is 9.47 Å². The number of carbonyl (C=O) groups is 1. The molecule has 7 heteroatoms. The minimum Gasteiger partial charge on any atom is -0.486 e. The molecule has 4 rings (SSSR count). The SMILES string of the molecule is CN(Cc1ccc2c(c1)OCCO2)C(=O)c1cnn(-c2cccc(Cl)c2)c1. The summed E-state index contributed by atoms with van der Waals surface area (Å²) in [5.41, 5.74) is 2.28.